The highest BCUT2D eigenvalue weighted by molar-refractivity contribution is 5.93. The summed E-state index contributed by atoms with van der Waals surface area (Å²) in [6.45, 7) is 4.47. The van der Waals surface area contributed by atoms with Crippen molar-refractivity contribution in [2.24, 2.45) is 0 Å². The van der Waals surface area contributed by atoms with Crippen LogP contribution in [0.3, 0.4) is 0 Å². The number of ether oxygens (including phenoxy) is 1. The van der Waals surface area contributed by atoms with Crippen molar-refractivity contribution in [3.8, 4) is 28.3 Å². The molecule has 0 bridgehead atoms. The number of nitrogens with zero attached hydrogens (tertiary/aromatic N) is 2. The average molecular weight is 450 g/mol. The molecule has 172 valence electrons. The molecule has 0 radical (unpaired) electrons. The van der Waals surface area contributed by atoms with Crippen LogP contribution < -0.4 is 26.2 Å². The average Bonchev–Trinajstić information content (AvgIpc) is 3.15. The number of hydrogen-bond acceptors (Lipinski definition) is 7. The minimum atomic E-state index is -0.575. The number of hydrazine groups is 1. The third-order valence-corrected chi connectivity index (χ3v) is 5.63. The Labute approximate surface area is 191 Å². The predicted molar refractivity (Wildman–Crippen MR) is 125 cm³/mol. The van der Waals surface area contributed by atoms with Crippen LogP contribution in [0, 0.1) is 0 Å². The second-order valence-corrected chi connectivity index (χ2v) is 7.84. The standard InChI is InChI=1S/C24H27N5O4/c1-4-6-18-20-21(29(3)27-18)24(31)26-22(25-20)17-13-16(11-12-19(17)33-5-2)14-7-9-15(10-8-14)23(30)28-32/h7-13,18,27,32H,4-6H2,1-3H3,(H,28,30)(H,25,26,31). The molecule has 1 atom stereocenters. The van der Waals surface area contributed by atoms with Gasteiger partial charge >= 0.3 is 0 Å². The van der Waals surface area contributed by atoms with Crippen LogP contribution in [-0.2, 0) is 0 Å². The Hall–Kier alpha value is -3.69. The molecule has 4 N–H and O–H groups in total. The van der Waals surface area contributed by atoms with Gasteiger partial charge in [-0.3, -0.25) is 14.8 Å². The predicted octanol–water partition coefficient (Wildman–Crippen LogP) is 3.42. The smallest absolute Gasteiger partial charge is 0.276 e. The number of nitrogens with one attached hydrogen (secondary N) is 3. The number of fused-ring (bicyclic) bond motifs is 1. The van der Waals surface area contributed by atoms with Crippen LogP contribution >= 0.6 is 0 Å². The van der Waals surface area contributed by atoms with Crippen LogP contribution in [-0.4, -0.2) is 34.7 Å². The van der Waals surface area contributed by atoms with Crippen LogP contribution in [0.15, 0.2) is 47.3 Å². The Bertz CT molecular complexity index is 1220. The van der Waals surface area contributed by atoms with Crippen molar-refractivity contribution < 1.29 is 14.7 Å². The largest absolute Gasteiger partial charge is 0.493 e. The summed E-state index contributed by atoms with van der Waals surface area (Å²) in [6, 6.07) is 12.5. The van der Waals surface area contributed by atoms with Crippen molar-refractivity contribution in [3.63, 3.8) is 0 Å². The van der Waals surface area contributed by atoms with Gasteiger partial charge in [0.25, 0.3) is 11.5 Å². The molecule has 0 saturated carbocycles. The van der Waals surface area contributed by atoms with E-state index in [9.17, 15) is 9.59 Å². The fourth-order valence-corrected chi connectivity index (χ4v) is 4.08. The summed E-state index contributed by atoms with van der Waals surface area (Å²) >= 11 is 0. The summed E-state index contributed by atoms with van der Waals surface area (Å²) in [5, 5.41) is 10.6. The lowest BCUT2D eigenvalue weighted by atomic mass is 10.0. The van der Waals surface area contributed by atoms with E-state index in [-0.39, 0.29) is 11.6 Å². The SMILES string of the molecule is CCCC1NN(C)c2c1nc(-c1cc(-c3ccc(C(=O)NO)cc3)ccc1OCC)[nH]c2=O. The van der Waals surface area contributed by atoms with Crippen molar-refractivity contribution in [2.75, 3.05) is 18.7 Å². The first-order valence-electron chi connectivity index (χ1n) is 10.9. The molecule has 3 aromatic rings. The number of hydroxylamine groups is 1. The first-order valence-corrected chi connectivity index (χ1v) is 10.9. The lowest BCUT2D eigenvalue weighted by Gasteiger charge is -2.14. The van der Waals surface area contributed by atoms with Crippen LogP contribution in [0.4, 0.5) is 5.69 Å². The molecule has 33 heavy (non-hydrogen) atoms. The zero-order valence-corrected chi connectivity index (χ0v) is 18.8. The lowest BCUT2D eigenvalue weighted by Crippen LogP contribution is -2.32. The highest BCUT2D eigenvalue weighted by Crippen LogP contribution is 2.36. The molecule has 9 nitrogen and oxygen atoms in total. The maximum absolute atomic E-state index is 12.9. The lowest BCUT2D eigenvalue weighted by molar-refractivity contribution is 0.0706. The van der Waals surface area contributed by atoms with Gasteiger partial charge in [0.15, 0.2) is 0 Å². The van der Waals surface area contributed by atoms with Crippen molar-refractivity contribution >= 4 is 11.6 Å². The molecule has 0 saturated heterocycles. The maximum Gasteiger partial charge on any atom is 0.276 e. The fraction of sp³-hybridized carbons (Fsp3) is 0.292. The summed E-state index contributed by atoms with van der Waals surface area (Å²) in [5.41, 5.74) is 8.73. The van der Waals surface area contributed by atoms with Crippen molar-refractivity contribution in [1.29, 1.82) is 0 Å². The third-order valence-electron chi connectivity index (χ3n) is 5.63. The van der Waals surface area contributed by atoms with Gasteiger partial charge in [-0.1, -0.05) is 31.5 Å². The zero-order valence-electron chi connectivity index (χ0n) is 18.8. The van der Waals surface area contributed by atoms with E-state index in [2.05, 4.69) is 17.3 Å². The molecule has 2 aromatic carbocycles. The van der Waals surface area contributed by atoms with Gasteiger partial charge < -0.3 is 14.7 Å². The van der Waals surface area contributed by atoms with Crippen molar-refractivity contribution in [2.45, 2.75) is 32.7 Å². The summed E-state index contributed by atoms with van der Waals surface area (Å²) in [7, 11) is 1.82. The number of anilines is 1. The molecule has 1 unspecified atom stereocenters. The number of amides is 1. The molecule has 4 rings (SSSR count). The van der Waals surface area contributed by atoms with Crippen LogP contribution in [0.2, 0.25) is 0 Å². The van der Waals surface area contributed by atoms with Gasteiger partial charge in [-0.05, 0) is 48.7 Å². The van der Waals surface area contributed by atoms with Crippen LogP contribution in [0.25, 0.3) is 22.5 Å². The van der Waals surface area contributed by atoms with E-state index < -0.39 is 5.91 Å². The molecule has 0 spiro atoms. The number of carbonyl (C=O) groups excluding carboxylic acids is 1. The van der Waals surface area contributed by atoms with E-state index in [1.807, 2.05) is 32.2 Å². The summed E-state index contributed by atoms with van der Waals surface area (Å²) in [6.07, 6.45) is 1.82. The van der Waals surface area contributed by atoms with E-state index in [1.54, 1.807) is 34.8 Å². The Morgan fingerprint density at radius 1 is 1.18 bits per heavy atom. The highest BCUT2D eigenvalue weighted by atomic mass is 16.5. The molecular weight excluding hydrogens is 422 g/mol. The van der Waals surface area contributed by atoms with Gasteiger partial charge in [0, 0.05) is 12.6 Å². The van der Waals surface area contributed by atoms with Gasteiger partial charge in [0.1, 0.15) is 17.3 Å². The van der Waals surface area contributed by atoms with Gasteiger partial charge in [-0.15, -0.1) is 0 Å². The summed E-state index contributed by atoms with van der Waals surface area (Å²) in [5.74, 6) is 0.486. The molecular formula is C24H27N5O4. The number of hydrogen-bond donors (Lipinski definition) is 4. The minimum absolute atomic E-state index is 0.0278. The maximum atomic E-state index is 12.9. The normalized spacial score (nSPS) is 14.8. The molecule has 9 heteroatoms. The van der Waals surface area contributed by atoms with Gasteiger partial charge in [-0.2, -0.15) is 0 Å². The van der Waals surface area contributed by atoms with Gasteiger partial charge in [-0.25, -0.2) is 15.9 Å². The number of H-pyrrole nitrogens is 1. The number of aromatic amines is 1. The number of carbonyl (C=O) groups is 1. The van der Waals surface area contributed by atoms with E-state index in [0.29, 0.717) is 35.0 Å². The number of rotatable bonds is 7. The van der Waals surface area contributed by atoms with Crippen LogP contribution in [0.5, 0.6) is 5.75 Å². The second-order valence-electron chi connectivity index (χ2n) is 7.84. The first kappa shape index (κ1) is 22.5. The summed E-state index contributed by atoms with van der Waals surface area (Å²) < 4.78 is 5.83. The van der Waals surface area contributed by atoms with Crippen molar-refractivity contribution in [1.82, 2.24) is 20.9 Å². The molecule has 1 aliphatic heterocycles. The van der Waals surface area contributed by atoms with E-state index in [0.717, 1.165) is 29.7 Å². The minimum Gasteiger partial charge on any atom is -0.493 e. The van der Waals surface area contributed by atoms with Crippen LogP contribution in [0.1, 0.15) is 48.8 Å². The Balaban J connectivity index is 1.80. The van der Waals surface area contributed by atoms with E-state index in [4.69, 9.17) is 14.9 Å². The van der Waals surface area contributed by atoms with Crippen molar-refractivity contribution in [3.05, 3.63) is 64.1 Å². The second kappa shape index (κ2) is 9.43. The number of aromatic nitrogens is 2. The molecule has 1 amide bonds. The molecule has 2 heterocycles. The number of benzene rings is 2. The topological polar surface area (TPSA) is 120 Å². The van der Waals surface area contributed by atoms with E-state index >= 15 is 0 Å². The molecule has 0 fully saturated rings. The van der Waals surface area contributed by atoms with Gasteiger partial charge in [0.05, 0.1) is 23.9 Å². The monoisotopic (exact) mass is 449 g/mol. The molecule has 1 aromatic heterocycles. The Morgan fingerprint density at radius 3 is 2.58 bits per heavy atom. The Morgan fingerprint density at radius 2 is 1.91 bits per heavy atom. The third kappa shape index (κ3) is 4.33. The zero-order chi connectivity index (χ0) is 23.5. The van der Waals surface area contributed by atoms with E-state index in [1.165, 1.54) is 0 Å². The first-order chi connectivity index (χ1) is 16.0. The molecule has 0 aliphatic carbocycles. The van der Waals surface area contributed by atoms with Gasteiger partial charge in [0.2, 0.25) is 0 Å². The quantitative estimate of drug-likeness (QED) is 0.322. The fourth-order valence-electron chi connectivity index (χ4n) is 4.08. The highest BCUT2D eigenvalue weighted by Gasteiger charge is 2.31. The summed E-state index contributed by atoms with van der Waals surface area (Å²) in [4.78, 5) is 32.3. The molecule has 1 aliphatic rings. The Kier molecular flexibility index (Phi) is 6.43.